The van der Waals surface area contributed by atoms with Crippen LogP contribution in [0.3, 0.4) is 0 Å². The van der Waals surface area contributed by atoms with E-state index in [0.717, 1.165) is 11.3 Å². The van der Waals surface area contributed by atoms with E-state index in [4.69, 9.17) is 11.6 Å². The Hall–Kier alpha value is -2.33. The lowest BCUT2D eigenvalue weighted by molar-refractivity contribution is -0.139. The van der Waals surface area contributed by atoms with Gasteiger partial charge in [-0.05, 0) is 36.2 Å². The molecule has 0 aliphatic carbocycles. The van der Waals surface area contributed by atoms with Crippen molar-refractivity contribution >= 4 is 29.1 Å². The van der Waals surface area contributed by atoms with E-state index in [1.54, 1.807) is 41.1 Å². The smallest absolute Gasteiger partial charge is 0.239 e. The van der Waals surface area contributed by atoms with Crippen LogP contribution in [-0.2, 0) is 16.1 Å². The van der Waals surface area contributed by atoms with Gasteiger partial charge in [-0.25, -0.2) is 0 Å². The van der Waals surface area contributed by atoms with Gasteiger partial charge in [-0.3, -0.25) is 9.59 Å². The predicted molar refractivity (Wildman–Crippen MR) is 94.8 cm³/mol. The van der Waals surface area contributed by atoms with Crippen molar-refractivity contribution in [1.29, 1.82) is 0 Å². The normalized spacial score (nSPS) is 17.2. The molecule has 124 valence electrons. The highest BCUT2D eigenvalue weighted by molar-refractivity contribution is 6.30. The molecule has 4 nitrogen and oxygen atoms in total. The minimum Gasteiger partial charge on any atom is -0.341 e. The fourth-order valence-electron chi connectivity index (χ4n) is 2.99. The summed E-state index contributed by atoms with van der Waals surface area (Å²) in [4.78, 5) is 28.6. The molecule has 1 fully saturated rings. The zero-order chi connectivity index (χ0) is 17.1. The summed E-state index contributed by atoms with van der Waals surface area (Å²) in [6, 6.07) is 16.9. The summed E-state index contributed by atoms with van der Waals surface area (Å²) in [5.74, 6) is -0.864. The lowest BCUT2D eigenvalue weighted by Gasteiger charge is -2.21. The second-order valence-electron chi connectivity index (χ2n) is 5.99. The first-order valence-electron chi connectivity index (χ1n) is 7.92. The molecule has 0 aromatic heterocycles. The average molecular weight is 343 g/mol. The molecular weight excluding hydrogens is 324 g/mol. The molecule has 1 atom stereocenters. The van der Waals surface area contributed by atoms with E-state index in [9.17, 15) is 9.59 Å². The molecule has 0 spiro atoms. The standard InChI is InChI=1S/C19H19ClN2O2/c1-21(13-14-5-3-2-4-6-14)18(23)17-11-12-22(19(17)24)16-9-7-15(20)8-10-16/h2-10,17H,11-13H2,1H3/t17-/m1/s1. The highest BCUT2D eigenvalue weighted by Crippen LogP contribution is 2.27. The number of carbonyl (C=O) groups is 2. The number of benzene rings is 2. The van der Waals surface area contributed by atoms with Crippen LogP contribution < -0.4 is 4.90 Å². The Kier molecular flexibility index (Phi) is 4.86. The van der Waals surface area contributed by atoms with E-state index in [0.29, 0.717) is 24.5 Å². The molecule has 3 rings (SSSR count). The van der Waals surface area contributed by atoms with Crippen molar-refractivity contribution in [2.24, 2.45) is 5.92 Å². The van der Waals surface area contributed by atoms with Gasteiger partial charge in [0.15, 0.2) is 0 Å². The van der Waals surface area contributed by atoms with E-state index < -0.39 is 5.92 Å². The van der Waals surface area contributed by atoms with Crippen molar-refractivity contribution in [2.45, 2.75) is 13.0 Å². The Morgan fingerprint density at radius 1 is 1.17 bits per heavy atom. The third kappa shape index (κ3) is 3.44. The van der Waals surface area contributed by atoms with Gasteiger partial charge >= 0.3 is 0 Å². The van der Waals surface area contributed by atoms with Crippen molar-refractivity contribution in [3.63, 3.8) is 0 Å². The molecule has 2 aromatic rings. The van der Waals surface area contributed by atoms with Gasteiger partial charge < -0.3 is 9.80 Å². The van der Waals surface area contributed by atoms with Gasteiger partial charge in [0.2, 0.25) is 11.8 Å². The zero-order valence-corrected chi connectivity index (χ0v) is 14.2. The number of nitrogens with zero attached hydrogens (tertiary/aromatic N) is 2. The molecule has 0 N–H and O–H groups in total. The van der Waals surface area contributed by atoms with Crippen LogP contribution >= 0.6 is 11.6 Å². The molecule has 1 aliphatic heterocycles. The second kappa shape index (κ2) is 7.05. The summed E-state index contributed by atoms with van der Waals surface area (Å²) in [5, 5.41) is 0.626. The van der Waals surface area contributed by atoms with Gasteiger partial charge in [-0.1, -0.05) is 41.9 Å². The van der Waals surface area contributed by atoms with Crippen molar-refractivity contribution in [3.8, 4) is 0 Å². The lowest BCUT2D eigenvalue weighted by Crippen LogP contribution is -2.37. The van der Waals surface area contributed by atoms with E-state index in [1.165, 1.54) is 0 Å². The molecule has 2 amide bonds. The second-order valence-corrected chi connectivity index (χ2v) is 6.42. The molecule has 0 unspecified atom stereocenters. The number of hydrogen-bond acceptors (Lipinski definition) is 2. The first-order chi connectivity index (χ1) is 11.6. The molecule has 24 heavy (non-hydrogen) atoms. The Balaban J connectivity index is 1.68. The van der Waals surface area contributed by atoms with Crippen molar-refractivity contribution in [2.75, 3.05) is 18.5 Å². The summed E-state index contributed by atoms with van der Waals surface area (Å²) in [5.41, 5.74) is 1.83. The monoisotopic (exact) mass is 342 g/mol. The van der Waals surface area contributed by atoms with Gasteiger partial charge in [0.25, 0.3) is 0 Å². The van der Waals surface area contributed by atoms with E-state index in [-0.39, 0.29) is 11.8 Å². The van der Waals surface area contributed by atoms with E-state index in [2.05, 4.69) is 0 Å². The predicted octanol–water partition coefficient (Wildman–Crippen LogP) is 3.35. The van der Waals surface area contributed by atoms with Crippen LogP contribution in [0.2, 0.25) is 5.02 Å². The van der Waals surface area contributed by atoms with E-state index >= 15 is 0 Å². The van der Waals surface area contributed by atoms with Crippen LogP contribution in [0.15, 0.2) is 54.6 Å². The maximum atomic E-state index is 12.6. The Morgan fingerprint density at radius 2 is 1.83 bits per heavy atom. The fraction of sp³-hybridized carbons (Fsp3) is 0.263. The van der Waals surface area contributed by atoms with E-state index in [1.807, 2.05) is 30.3 Å². The van der Waals surface area contributed by atoms with Crippen molar-refractivity contribution in [1.82, 2.24) is 4.90 Å². The third-order valence-corrected chi connectivity index (χ3v) is 4.53. The Morgan fingerprint density at radius 3 is 2.50 bits per heavy atom. The van der Waals surface area contributed by atoms with Crippen LogP contribution in [0.1, 0.15) is 12.0 Å². The summed E-state index contributed by atoms with van der Waals surface area (Å²) >= 11 is 5.89. The molecule has 1 saturated heterocycles. The number of carbonyl (C=O) groups excluding carboxylic acids is 2. The van der Waals surface area contributed by atoms with Gasteiger partial charge in [0, 0.05) is 30.8 Å². The topological polar surface area (TPSA) is 40.6 Å². The summed E-state index contributed by atoms with van der Waals surface area (Å²) in [6.45, 7) is 1.06. The molecular formula is C19H19ClN2O2. The third-order valence-electron chi connectivity index (χ3n) is 4.28. The van der Waals surface area contributed by atoms with Crippen molar-refractivity contribution < 1.29 is 9.59 Å². The molecule has 5 heteroatoms. The van der Waals surface area contributed by atoms with Crippen LogP contribution in [0, 0.1) is 5.92 Å². The minimum atomic E-state index is -0.602. The van der Waals surface area contributed by atoms with Crippen LogP contribution in [0.4, 0.5) is 5.69 Å². The Bertz CT molecular complexity index is 731. The quantitative estimate of drug-likeness (QED) is 0.799. The number of halogens is 1. The molecule has 2 aromatic carbocycles. The van der Waals surface area contributed by atoms with Gasteiger partial charge in [-0.15, -0.1) is 0 Å². The van der Waals surface area contributed by atoms with Crippen LogP contribution in [0.25, 0.3) is 0 Å². The molecule has 0 bridgehead atoms. The zero-order valence-electron chi connectivity index (χ0n) is 13.5. The highest BCUT2D eigenvalue weighted by atomic mass is 35.5. The summed E-state index contributed by atoms with van der Waals surface area (Å²) in [6.07, 6.45) is 0.541. The van der Waals surface area contributed by atoms with Crippen LogP contribution in [-0.4, -0.2) is 30.3 Å². The SMILES string of the molecule is CN(Cc1ccccc1)C(=O)[C@H]1CCN(c2ccc(Cl)cc2)C1=O. The maximum Gasteiger partial charge on any atom is 0.239 e. The molecule has 0 saturated carbocycles. The van der Waals surface area contributed by atoms with Crippen LogP contribution in [0.5, 0.6) is 0 Å². The lowest BCUT2D eigenvalue weighted by atomic mass is 10.1. The molecule has 0 radical (unpaired) electrons. The number of rotatable bonds is 4. The number of anilines is 1. The molecule has 1 heterocycles. The Labute approximate surface area is 146 Å². The van der Waals surface area contributed by atoms with Crippen molar-refractivity contribution in [3.05, 3.63) is 65.2 Å². The maximum absolute atomic E-state index is 12.6. The number of hydrogen-bond donors (Lipinski definition) is 0. The van der Waals surface area contributed by atoms with Gasteiger partial charge in [-0.2, -0.15) is 0 Å². The summed E-state index contributed by atoms with van der Waals surface area (Å²) < 4.78 is 0. The highest BCUT2D eigenvalue weighted by Gasteiger charge is 2.38. The first kappa shape index (κ1) is 16.5. The van der Waals surface area contributed by atoms with Gasteiger partial charge in [0.1, 0.15) is 5.92 Å². The summed E-state index contributed by atoms with van der Waals surface area (Å²) in [7, 11) is 1.74. The minimum absolute atomic E-state index is 0.125. The fourth-order valence-corrected chi connectivity index (χ4v) is 3.11. The first-order valence-corrected chi connectivity index (χ1v) is 8.30. The van der Waals surface area contributed by atoms with Gasteiger partial charge in [0.05, 0.1) is 0 Å². The molecule has 1 aliphatic rings. The largest absolute Gasteiger partial charge is 0.341 e. The average Bonchev–Trinajstić information content (AvgIpc) is 2.97. The number of amides is 2.